The molecule has 27 heavy (non-hydrogen) atoms. The highest BCUT2D eigenvalue weighted by Crippen LogP contribution is 2.40. The van der Waals surface area contributed by atoms with E-state index in [1.807, 2.05) is 60.4 Å². The van der Waals surface area contributed by atoms with Crippen molar-refractivity contribution in [3.8, 4) is 5.75 Å². The Kier molecular flexibility index (Phi) is 4.38. The lowest BCUT2D eigenvalue weighted by Gasteiger charge is -2.44. The largest absolute Gasteiger partial charge is 0.497 e. The molecule has 1 fully saturated rings. The molecule has 1 N–H and O–H groups in total. The van der Waals surface area contributed by atoms with Gasteiger partial charge in [-0.15, -0.1) is 0 Å². The molecule has 5 nitrogen and oxygen atoms in total. The molecular weight excluding hydrogens is 340 g/mol. The van der Waals surface area contributed by atoms with Gasteiger partial charge in [0, 0.05) is 24.6 Å². The maximum atomic E-state index is 13.2. The number of methoxy groups -OCH3 is 1. The molecule has 5 heteroatoms. The molecule has 0 bridgehead atoms. The highest BCUT2D eigenvalue weighted by molar-refractivity contribution is 6.02. The minimum atomic E-state index is -0.862. The van der Waals surface area contributed by atoms with Crippen molar-refractivity contribution in [1.82, 2.24) is 10.2 Å². The van der Waals surface area contributed by atoms with E-state index in [0.29, 0.717) is 13.0 Å². The van der Waals surface area contributed by atoms with Gasteiger partial charge in [-0.1, -0.05) is 30.3 Å². The van der Waals surface area contributed by atoms with Crippen LogP contribution in [-0.4, -0.2) is 35.4 Å². The van der Waals surface area contributed by atoms with Crippen molar-refractivity contribution < 1.29 is 14.3 Å². The van der Waals surface area contributed by atoms with Crippen molar-refractivity contribution in [1.29, 1.82) is 0 Å². The molecule has 1 heterocycles. The number of amides is 2. The number of hydrogen-bond donors (Lipinski definition) is 1. The Hall–Kier alpha value is -2.82. The number of hydrogen-bond acceptors (Lipinski definition) is 3. The van der Waals surface area contributed by atoms with Gasteiger partial charge in [0.1, 0.15) is 11.3 Å². The van der Waals surface area contributed by atoms with Crippen LogP contribution in [0.2, 0.25) is 0 Å². The lowest BCUT2D eigenvalue weighted by Crippen LogP contribution is -2.63. The van der Waals surface area contributed by atoms with E-state index in [4.69, 9.17) is 4.74 Å². The Balaban J connectivity index is 1.56. The van der Waals surface area contributed by atoms with Crippen LogP contribution >= 0.6 is 0 Å². The minimum absolute atomic E-state index is 0.0264. The monoisotopic (exact) mass is 364 g/mol. The maximum Gasteiger partial charge on any atom is 0.255 e. The van der Waals surface area contributed by atoms with Crippen LogP contribution < -0.4 is 10.1 Å². The predicted octanol–water partition coefficient (Wildman–Crippen LogP) is 2.93. The molecule has 1 aliphatic heterocycles. The lowest BCUT2D eigenvalue weighted by atomic mass is 9.82. The summed E-state index contributed by atoms with van der Waals surface area (Å²) in [4.78, 5) is 28.1. The van der Waals surface area contributed by atoms with E-state index < -0.39 is 5.54 Å². The summed E-state index contributed by atoms with van der Waals surface area (Å²) in [5, 5.41) is 3.04. The average molecular weight is 364 g/mol. The molecule has 2 aliphatic rings. The second kappa shape index (κ2) is 6.72. The van der Waals surface area contributed by atoms with Gasteiger partial charge in [0.2, 0.25) is 5.91 Å². The molecule has 0 saturated heterocycles. The topological polar surface area (TPSA) is 58.6 Å². The zero-order valence-corrected chi connectivity index (χ0v) is 15.7. The van der Waals surface area contributed by atoms with E-state index in [1.165, 1.54) is 0 Å². The molecule has 4 rings (SSSR count). The Labute approximate surface area is 159 Å². The van der Waals surface area contributed by atoms with Gasteiger partial charge >= 0.3 is 0 Å². The number of carbonyl (C=O) groups is 2. The van der Waals surface area contributed by atoms with E-state index in [-0.39, 0.29) is 17.9 Å². The summed E-state index contributed by atoms with van der Waals surface area (Å²) in [5.74, 6) is 0.654. The summed E-state index contributed by atoms with van der Waals surface area (Å²) in [7, 11) is 1.63. The minimum Gasteiger partial charge on any atom is -0.497 e. The molecule has 0 spiro atoms. The van der Waals surface area contributed by atoms with Crippen LogP contribution in [0.1, 0.15) is 41.3 Å². The molecule has 2 amide bonds. The molecule has 1 aliphatic carbocycles. The summed E-state index contributed by atoms with van der Waals surface area (Å²) in [6.45, 7) is 2.31. The third-order valence-electron chi connectivity index (χ3n) is 5.55. The van der Waals surface area contributed by atoms with Crippen molar-refractivity contribution in [3.63, 3.8) is 0 Å². The van der Waals surface area contributed by atoms with Crippen molar-refractivity contribution in [2.75, 3.05) is 7.11 Å². The number of rotatable bonds is 5. The fraction of sp³-hybridized carbons (Fsp3) is 0.364. The molecule has 1 unspecified atom stereocenters. The summed E-state index contributed by atoms with van der Waals surface area (Å²) in [6, 6.07) is 15.4. The first-order valence-electron chi connectivity index (χ1n) is 9.36. The molecule has 2 aromatic rings. The van der Waals surface area contributed by atoms with Crippen LogP contribution in [0.25, 0.3) is 0 Å². The fourth-order valence-corrected chi connectivity index (χ4v) is 3.90. The van der Waals surface area contributed by atoms with Crippen molar-refractivity contribution in [2.24, 2.45) is 0 Å². The molecule has 2 aromatic carbocycles. The van der Waals surface area contributed by atoms with Crippen LogP contribution in [0.15, 0.2) is 48.5 Å². The van der Waals surface area contributed by atoms with E-state index in [1.54, 1.807) is 7.11 Å². The van der Waals surface area contributed by atoms with Gasteiger partial charge in [-0.2, -0.15) is 0 Å². The Morgan fingerprint density at radius 2 is 1.89 bits per heavy atom. The first-order chi connectivity index (χ1) is 13.0. The Morgan fingerprint density at radius 3 is 2.56 bits per heavy atom. The summed E-state index contributed by atoms with van der Waals surface area (Å²) in [5.41, 5.74) is 1.80. The van der Waals surface area contributed by atoms with Crippen LogP contribution in [0.5, 0.6) is 5.75 Å². The zero-order chi connectivity index (χ0) is 19.0. The second-order valence-corrected chi connectivity index (χ2v) is 7.54. The maximum absolute atomic E-state index is 13.2. The number of nitrogens with one attached hydrogen (secondary N) is 1. The highest BCUT2D eigenvalue weighted by atomic mass is 16.5. The molecule has 1 atom stereocenters. The quantitative estimate of drug-likeness (QED) is 0.887. The Morgan fingerprint density at radius 1 is 1.19 bits per heavy atom. The van der Waals surface area contributed by atoms with Crippen LogP contribution in [-0.2, 0) is 17.8 Å². The van der Waals surface area contributed by atoms with Gasteiger partial charge in [0.05, 0.1) is 7.11 Å². The fourth-order valence-electron chi connectivity index (χ4n) is 3.90. The number of carbonyl (C=O) groups excluding carboxylic acids is 2. The van der Waals surface area contributed by atoms with Crippen molar-refractivity contribution >= 4 is 11.8 Å². The first-order valence-corrected chi connectivity index (χ1v) is 9.36. The van der Waals surface area contributed by atoms with Gasteiger partial charge in [0.15, 0.2) is 0 Å². The van der Waals surface area contributed by atoms with Crippen molar-refractivity contribution in [2.45, 2.75) is 44.3 Å². The van der Waals surface area contributed by atoms with Crippen LogP contribution in [0.3, 0.4) is 0 Å². The smallest absolute Gasteiger partial charge is 0.255 e. The number of nitrogens with zero attached hydrogens (tertiary/aromatic N) is 1. The first kappa shape index (κ1) is 17.6. The summed E-state index contributed by atoms with van der Waals surface area (Å²) in [6.07, 6.45) is 2.48. The average Bonchev–Trinajstić information content (AvgIpc) is 3.51. The van der Waals surface area contributed by atoms with Gasteiger partial charge in [-0.25, -0.2) is 0 Å². The van der Waals surface area contributed by atoms with E-state index in [2.05, 4.69) is 5.32 Å². The number of ether oxygens (including phenoxy) is 1. The third kappa shape index (κ3) is 3.18. The lowest BCUT2D eigenvalue weighted by molar-refractivity contribution is -0.132. The summed E-state index contributed by atoms with van der Waals surface area (Å²) < 4.78 is 5.17. The molecule has 1 saturated carbocycles. The molecule has 140 valence electrons. The summed E-state index contributed by atoms with van der Waals surface area (Å²) >= 11 is 0. The normalized spacial score (nSPS) is 21.6. The molecule has 0 radical (unpaired) electrons. The van der Waals surface area contributed by atoms with E-state index >= 15 is 0 Å². The van der Waals surface area contributed by atoms with Crippen molar-refractivity contribution in [3.05, 3.63) is 65.2 Å². The molecular formula is C22H24N2O3. The molecule has 0 aromatic heterocycles. The van der Waals surface area contributed by atoms with Gasteiger partial charge in [0.25, 0.3) is 5.91 Å². The standard InChI is InChI=1S/C22H24N2O3/c1-22(21(26)23-14-15-7-11-18(27-2)12-8-15)13-16-5-3-4-6-19(16)20(25)24(22)17-9-10-17/h3-8,11-12,17H,9-10,13-14H2,1-2H3,(H,23,26). The van der Waals surface area contributed by atoms with Gasteiger partial charge in [-0.05, 0) is 49.1 Å². The van der Waals surface area contributed by atoms with Gasteiger partial charge < -0.3 is 15.0 Å². The Bertz CT molecular complexity index is 873. The van der Waals surface area contributed by atoms with Crippen LogP contribution in [0, 0.1) is 0 Å². The van der Waals surface area contributed by atoms with Crippen LogP contribution in [0.4, 0.5) is 0 Å². The van der Waals surface area contributed by atoms with E-state index in [9.17, 15) is 9.59 Å². The third-order valence-corrected chi connectivity index (χ3v) is 5.55. The predicted molar refractivity (Wildman–Crippen MR) is 103 cm³/mol. The SMILES string of the molecule is COc1ccc(CNC(=O)C2(C)Cc3ccccc3C(=O)N2C2CC2)cc1. The van der Waals surface area contributed by atoms with E-state index in [0.717, 1.165) is 35.3 Å². The second-order valence-electron chi connectivity index (χ2n) is 7.54. The number of benzene rings is 2. The van der Waals surface area contributed by atoms with Gasteiger partial charge in [-0.3, -0.25) is 9.59 Å². The zero-order valence-electron chi connectivity index (χ0n) is 15.7. The number of fused-ring (bicyclic) bond motifs is 1. The highest BCUT2D eigenvalue weighted by Gasteiger charge is 2.51.